The van der Waals surface area contributed by atoms with Gasteiger partial charge in [0.25, 0.3) is 0 Å². The summed E-state index contributed by atoms with van der Waals surface area (Å²) in [6.45, 7) is 1.65. The van der Waals surface area contributed by atoms with Crippen molar-refractivity contribution in [1.82, 2.24) is 9.80 Å². The van der Waals surface area contributed by atoms with Crippen LogP contribution in [0.5, 0.6) is 0 Å². The molecule has 0 aromatic heterocycles. The Morgan fingerprint density at radius 1 is 1.09 bits per heavy atom. The largest absolute Gasteiger partial charge is 0.376 e. The first-order valence-electron chi connectivity index (χ1n) is 11.0. The Kier molecular flexibility index (Phi) is 6.70. The molecule has 4 rings (SSSR count). The minimum Gasteiger partial charge on any atom is -0.376 e. The molecule has 1 fully saturated rings. The zero-order valence-electron chi connectivity index (χ0n) is 18.8. The zero-order chi connectivity index (χ0) is 23.5. The molecule has 2 aliphatic rings. The summed E-state index contributed by atoms with van der Waals surface area (Å²) in [4.78, 5) is 43.1. The summed E-state index contributed by atoms with van der Waals surface area (Å²) < 4.78 is 0. The third-order valence-corrected chi connectivity index (χ3v) is 6.47. The van der Waals surface area contributed by atoms with Gasteiger partial charge in [0.2, 0.25) is 5.91 Å². The fourth-order valence-electron chi connectivity index (χ4n) is 4.29. The zero-order valence-corrected chi connectivity index (χ0v) is 19.5. The van der Waals surface area contributed by atoms with E-state index in [1.54, 1.807) is 23.1 Å². The standard InChI is InChI=1S/C25H27ClN4O3/c1-28(2)22-8-7-17(15-20(22)26)23(31)9-10-24(32)29-13-11-19(12-14-29)30-16-18-5-3-4-6-21(18)27-25(30)33/h3-10,15,19H,11-14,16H2,1-2H3,(H,27,33). The van der Waals surface area contributed by atoms with Gasteiger partial charge in [-0.25, -0.2) is 4.79 Å². The number of amides is 3. The van der Waals surface area contributed by atoms with Crippen LogP contribution in [-0.4, -0.2) is 60.7 Å². The lowest BCUT2D eigenvalue weighted by molar-refractivity contribution is -0.127. The van der Waals surface area contributed by atoms with E-state index >= 15 is 0 Å². The summed E-state index contributed by atoms with van der Waals surface area (Å²) in [5.74, 6) is -0.472. The van der Waals surface area contributed by atoms with Crippen molar-refractivity contribution in [2.45, 2.75) is 25.4 Å². The van der Waals surface area contributed by atoms with Crippen molar-refractivity contribution in [3.8, 4) is 0 Å². The number of fused-ring (bicyclic) bond motifs is 1. The van der Waals surface area contributed by atoms with E-state index in [-0.39, 0.29) is 23.8 Å². The van der Waals surface area contributed by atoms with Gasteiger partial charge in [-0.15, -0.1) is 0 Å². The molecule has 2 aromatic carbocycles. The van der Waals surface area contributed by atoms with Crippen molar-refractivity contribution in [2.75, 3.05) is 37.4 Å². The summed E-state index contributed by atoms with van der Waals surface area (Å²) in [6, 6.07) is 12.9. The molecule has 33 heavy (non-hydrogen) atoms. The second kappa shape index (κ2) is 9.67. The number of nitrogens with zero attached hydrogens (tertiary/aromatic N) is 3. The Hall–Kier alpha value is -3.32. The number of ketones is 1. The Morgan fingerprint density at radius 2 is 1.82 bits per heavy atom. The van der Waals surface area contributed by atoms with Crippen LogP contribution in [0.3, 0.4) is 0 Å². The highest BCUT2D eigenvalue weighted by Crippen LogP contribution is 2.28. The predicted molar refractivity (Wildman–Crippen MR) is 130 cm³/mol. The predicted octanol–water partition coefficient (Wildman–Crippen LogP) is 4.18. The number of allylic oxidation sites excluding steroid dienone is 1. The van der Waals surface area contributed by atoms with Crippen molar-refractivity contribution >= 4 is 40.7 Å². The highest BCUT2D eigenvalue weighted by atomic mass is 35.5. The lowest BCUT2D eigenvalue weighted by Gasteiger charge is -2.40. The van der Waals surface area contributed by atoms with Gasteiger partial charge < -0.3 is 20.0 Å². The van der Waals surface area contributed by atoms with Crippen molar-refractivity contribution < 1.29 is 14.4 Å². The molecule has 1 saturated heterocycles. The lowest BCUT2D eigenvalue weighted by atomic mass is 10.0. The van der Waals surface area contributed by atoms with E-state index in [1.165, 1.54) is 12.2 Å². The Balaban J connectivity index is 1.32. The molecule has 2 aliphatic heterocycles. The number of urea groups is 1. The van der Waals surface area contributed by atoms with Crippen LogP contribution in [0.1, 0.15) is 28.8 Å². The molecule has 0 unspecified atom stereocenters. The van der Waals surface area contributed by atoms with Crippen molar-refractivity contribution in [2.24, 2.45) is 0 Å². The molecule has 2 heterocycles. The maximum atomic E-state index is 12.6. The van der Waals surface area contributed by atoms with E-state index < -0.39 is 0 Å². The van der Waals surface area contributed by atoms with Gasteiger partial charge in [-0.2, -0.15) is 0 Å². The van der Waals surface area contributed by atoms with Crippen LogP contribution in [0.2, 0.25) is 5.02 Å². The number of carbonyl (C=O) groups excluding carboxylic acids is 3. The quantitative estimate of drug-likeness (QED) is 0.530. The maximum absolute atomic E-state index is 12.6. The van der Waals surface area contributed by atoms with E-state index in [0.717, 1.165) is 16.9 Å². The minimum absolute atomic E-state index is 0.0744. The van der Waals surface area contributed by atoms with Crippen LogP contribution in [0.15, 0.2) is 54.6 Å². The summed E-state index contributed by atoms with van der Waals surface area (Å²) in [7, 11) is 3.75. The second-order valence-corrected chi connectivity index (χ2v) is 8.94. The van der Waals surface area contributed by atoms with Crippen molar-refractivity contribution in [3.63, 3.8) is 0 Å². The van der Waals surface area contributed by atoms with Crippen LogP contribution in [0.4, 0.5) is 16.2 Å². The van der Waals surface area contributed by atoms with Gasteiger partial charge in [0, 0.05) is 57.1 Å². The average Bonchev–Trinajstić information content (AvgIpc) is 2.81. The summed E-state index contributed by atoms with van der Waals surface area (Å²) in [5.41, 5.74) is 3.21. The first-order valence-corrected chi connectivity index (χ1v) is 11.3. The van der Waals surface area contributed by atoms with Crippen LogP contribution in [0.25, 0.3) is 0 Å². The normalized spacial score (nSPS) is 16.5. The van der Waals surface area contributed by atoms with Gasteiger partial charge >= 0.3 is 6.03 Å². The average molecular weight is 467 g/mol. The Labute approximate surface area is 198 Å². The van der Waals surface area contributed by atoms with Crippen molar-refractivity contribution in [1.29, 1.82) is 0 Å². The third-order valence-electron chi connectivity index (χ3n) is 6.17. The molecule has 2 aromatic rings. The fourth-order valence-corrected chi connectivity index (χ4v) is 4.64. The maximum Gasteiger partial charge on any atom is 0.322 e. The fraction of sp³-hybridized carbons (Fsp3) is 0.320. The molecule has 172 valence electrons. The molecular formula is C25H27ClN4O3. The van der Waals surface area contributed by atoms with Gasteiger partial charge in [0.15, 0.2) is 5.78 Å². The molecule has 8 heteroatoms. The molecule has 3 amide bonds. The number of carbonyl (C=O) groups is 3. The first-order chi connectivity index (χ1) is 15.8. The van der Waals surface area contributed by atoms with Gasteiger partial charge in [0.1, 0.15) is 0 Å². The highest BCUT2D eigenvalue weighted by molar-refractivity contribution is 6.33. The molecule has 0 bridgehead atoms. The molecule has 7 nitrogen and oxygen atoms in total. The SMILES string of the molecule is CN(C)c1ccc(C(=O)C=CC(=O)N2CCC(N3Cc4ccccc4NC3=O)CC2)cc1Cl. The number of hydrogen-bond donors (Lipinski definition) is 1. The topological polar surface area (TPSA) is 73.0 Å². The summed E-state index contributed by atoms with van der Waals surface area (Å²) in [5, 5.41) is 3.43. The number of likely N-dealkylation sites (tertiary alicyclic amines) is 1. The lowest BCUT2D eigenvalue weighted by Crippen LogP contribution is -2.50. The highest BCUT2D eigenvalue weighted by Gasteiger charge is 2.32. The number of hydrogen-bond acceptors (Lipinski definition) is 4. The number of halogens is 1. The Morgan fingerprint density at radius 3 is 2.52 bits per heavy atom. The molecule has 0 spiro atoms. The van der Waals surface area contributed by atoms with E-state index in [9.17, 15) is 14.4 Å². The van der Waals surface area contributed by atoms with Gasteiger partial charge in [-0.3, -0.25) is 9.59 Å². The number of piperidine rings is 1. The van der Waals surface area contributed by atoms with Crippen LogP contribution >= 0.6 is 11.6 Å². The van der Waals surface area contributed by atoms with E-state index in [0.29, 0.717) is 43.1 Å². The van der Waals surface area contributed by atoms with Crippen molar-refractivity contribution in [3.05, 3.63) is 70.8 Å². The van der Waals surface area contributed by atoms with E-state index in [4.69, 9.17) is 11.6 Å². The summed E-state index contributed by atoms with van der Waals surface area (Å²) in [6.07, 6.45) is 4.01. The van der Waals surface area contributed by atoms with E-state index in [2.05, 4.69) is 5.32 Å². The smallest absolute Gasteiger partial charge is 0.322 e. The number of nitrogens with one attached hydrogen (secondary N) is 1. The molecule has 0 aliphatic carbocycles. The van der Waals surface area contributed by atoms with Gasteiger partial charge in [-0.1, -0.05) is 29.8 Å². The van der Waals surface area contributed by atoms with Gasteiger partial charge in [0.05, 0.1) is 10.7 Å². The number of benzene rings is 2. The first kappa shape index (κ1) is 22.9. The monoisotopic (exact) mass is 466 g/mol. The number of anilines is 2. The minimum atomic E-state index is -0.269. The number of para-hydroxylation sites is 1. The molecule has 0 atom stereocenters. The molecule has 0 saturated carbocycles. The summed E-state index contributed by atoms with van der Waals surface area (Å²) >= 11 is 6.24. The van der Waals surface area contributed by atoms with Crippen LogP contribution in [0, 0.1) is 0 Å². The molecule has 0 radical (unpaired) electrons. The van der Waals surface area contributed by atoms with Crippen LogP contribution < -0.4 is 10.2 Å². The van der Waals surface area contributed by atoms with Gasteiger partial charge in [-0.05, 0) is 48.7 Å². The second-order valence-electron chi connectivity index (χ2n) is 8.53. The van der Waals surface area contributed by atoms with E-state index in [1.807, 2.05) is 48.2 Å². The Bertz CT molecular complexity index is 1110. The van der Waals surface area contributed by atoms with Crippen LogP contribution in [-0.2, 0) is 11.3 Å². The molecule has 1 N–H and O–H groups in total. The number of rotatable bonds is 5. The third kappa shape index (κ3) is 5.03. The molecular weight excluding hydrogens is 440 g/mol.